The average molecular weight is 449 g/mol. The third-order valence-electron chi connectivity index (χ3n) is 6.10. The fraction of sp³-hybridized carbons (Fsp3) is 0.375. The van der Waals surface area contributed by atoms with Crippen molar-refractivity contribution in [3.05, 3.63) is 70.0 Å². The van der Waals surface area contributed by atoms with Crippen LogP contribution in [0, 0.1) is 19.8 Å². The van der Waals surface area contributed by atoms with E-state index in [9.17, 15) is 14.4 Å². The predicted molar refractivity (Wildman–Crippen MR) is 124 cm³/mol. The highest BCUT2D eigenvalue weighted by molar-refractivity contribution is 6.02. The third kappa shape index (κ3) is 4.72. The number of aryl methyl sites for hydroxylation is 2. The second kappa shape index (κ2) is 9.40. The predicted octanol–water partition coefficient (Wildman–Crippen LogP) is 2.14. The molecule has 1 fully saturated rings. The van der Waals surface area contributed by atoms with Crippen molar-refractivity contribution in [3.8, 4) is 5.69 Å². The monoisotopic (exact) mass is 448 g/mol. The minimum atomic E-state index is -0.296. The number of para-hydroxylation sites is 1. The second-order valence-corrected chi connectivity index (χ2v) is 8.46. The summed E-state index contributed by atoms with van der Waals surface area (Å²) in [6, 6.07) is 11.3. The number of hydrogen-bond donors (Lipinski definition) is 1. The van der Waals surface area contributed by atoms with E-state index in [1.54, 1.807) is 21.1 Å². The van der Waals surface area contributed by atoms with Crippen molar-refractivity contribution in [2.24, 2.45) is 5.92 Å². The maximum absolute atomic E-state index is 13.1. The van der Waals surface area contributed by atoms with Crippen LogP contribution in [0.4, 0.5) is 5.82 Å². The SMILES string of the molecule is Cc1cc(C)n(CCCC(=O)N2CC[C@@H](C(=O)c3cnn(-c4ccccc4)c3N)C2)c(=O)n1. The van der Waals surface area contributed by atoms with Gasteiger partial charge in [-0.05, 0) is 44.9 Å². The maximum Gasteiger partial charge on any atom is 0.347 e. The number of hydrogen-bond acceptors (Lipinski definition) is 6. The number of nitrogens with zero attached hydrogens (tertiary/aromatic N) is 5. The number of nitrogen functional groups attached to an aromatic ring is 1. The first-order valence-corrected chi connectivity index (χ1v) is 11.1. The fourth-order valence-electron chi connectivity index (χ4n) is 4.34. The molecule has 0 saturated carbocycles. The number of Topliss-reactive ketones (excluding diaryl/α,β-unsaturated/α-hetero) is 1. The number of carbonyl (C=O) groups excluding carboxylic acids is 2. The summed E-state index contributed by atoms with van der Waals surface area (Å²) < 4.78 is 3.14. The van der Waals surface area contributed by atoms with E-state index in [4.69, 9.17) is 5.73 Å². The number of amides is 1. The normalized spacial score (nSPS) is 15.7. The van der Waals surface area contributed by atoms with Gasteiger partial charge in [0.2, 0.25) is 5.91 Å². The zero-order chi connectivity index (χ0) is 23.5. The van der Waals surface area contributed by atoms with Crippen molar-refractivity contribution < 1.29 is 9.59 Å². The Morgan fingerprint density at radius 3 is 2.67 bits per heavy atom. The van der Waals surface area contributed by atoms with Gasteiger partial charge in [-0.1, -0.05) is 18.2 Å². The zero-order valence-corrected chi connectivity index (χ0v) is 18.9. The number of nitrogens with two attached hydrogens (primary N) is 1. The van der Waals surface area contributed by atoms with Crippen molar-refractivity contribution >= 4 is 17.5 Å². The number of anilines is 1. The molecule has 1 atom stereocenters. The van der Waals surface area contributed by atoms with Crippen molar-refractivity contribution in [1.82, 2.24) is 24.2 Å². The van der Waals surface area contributed by atoms with Crippen LogP contribution in [-0.4, -0.2) is 49.0 Å². The lowest BCUT2D eigenvalue weighted by atomic mass is 9.98. The van der Waals surface area contributed by atoms with Crippen LogP contribution in [0.2, 0.25) is 0 Å². The number of rotatable bonds is 7. The first-order valence-electron chi connectivity index (χ1n) is 11.1. The molecule has 9 heteroatoms. The van der Waals surface area contributed by atoms with E-state index in [-0.39, 0.29) is 23.3 Å². The van der Waals surface area contributed by atoms with Crippen LogP contribution in [-0.2, 0) is 11.3 Å². The molecule has 3 aromatic rings. The van der Waals surface area contributed by atoms with E-state index in [0.29, 0.717) is 56.0 Å². The van der Waals surface area contributed by atoms with E-state index in [1.165, 1.54) is 6.20 Å². The van der Waals surface area contributed by atoms with Gasteiger partial charge in [-0.25, -0.2) is 9.48 Å². The molecule has 2 aromatic heterocycles. The van der Waals surface area contributed by atoms with Gasteiger partial charge in [-0.15, -0.1) is 0 Å². The lowest BCUT2D eigenvalue weighted by molar-refractivity contribution is -0.130. The van der Waals surface area contributed by atoms with E-state index >= 15 is 0 Å². The van der Waals surface area contributed by atoms with Crippen LogP contribution in [0.1, 0.15) is 41.0 Å². The van der Waals surface area contributed by atoms with Gasteiger partial charge in [0.25, 0.3) is 0 Å². The summed E-state index contributed by atoms with van der Waals surface area (Å²) in [6.45, 7) is 4.99. The van der Waals surface area contributed by atoms with Gasteiger partial charge < -0.3 is 10.6 Å². The van der Waals surface area contributed by atoms with Crippen molar-refractivity contribution in [2.45, 2.75) is 39.7 Å². The van der Waals surface area contributed by atoms with Crippen LogP contribution < -0.4 is 11.4 Å². The van der Waals surface area contributed by atoms with Crippen molar-refractivity contribution in [3.63, 3.8) is 0 Å². The van der Waals surface area contributed by atoms with E-state index in [0.717, 1.165) is 11.4 Å². The Morgan fingerprint density at radius 1 is 1.18 bits per heavy atom. The molecule has 3 heterocycles. The largest absolute Gasteiger partial charge is 0.383 e. The molecular weight excluding hydrogens is 420 g/mol. The number of ketones is 1. The van der Waals surface area contributed by atoms with E-state index < -0.39 is 0 Å². The summed E-state index contributed by atoms with van der Waals surface area (Å²) >= 11 is 0. The minimum absolute atomic E-state index is 0.0102. The van der Waals surface area contributed by atoms with Crippen molar-refractivity contribution in [2.75, 3.05) is 18.8 Å². The van der Waals surface area contributed by atoms with Crippen LogP contribution in [0.25, 0.3) is 5.69 Å². The maximum atomic E-state index is 13.1. The number of likely N-dealkylation sites (tertiary alicyclic amines) is 1. The Labute approximate surface area is 191 Å². The number of carbonyl (C=O) groups is 2. The Bertz CT molecular complexity index is 1230. The number of aromatic nitrogens is 4. The highest BCUT2D eigenvalue weighted by atomic mass is 16.2. The topological polar surface area (TPSA) is 116 Å². The third-order valence-corrected chi connectivity index (χ3v) is 6.10. The number of benzene rings is 1. The first kappa shape index (κ1) is 22.4. The summed E-state index contributed by atoms with van der Waals surface area (Å²) in [5.41, 5.74) is 8.63. The molecule has 2 N–H and O–H groups in total. The quantitative estimate of drug-likeness (QED) is 0.554. The highest BCUT2D eigenvalue weighted by Gasteiger charge is 2.33. The minimum Gasteiger partial charge on any atom is -0.383 e. The highest BCUT2D eigenvalue weighted by Crippen LogP contribution is 2.25. The van der Waals surface area contributed by atoms with Gasteiger partial charge in [-0.2, -0.15) is 10.1 Å². The van der Waals surface area contributed by atoms with Crippen LogP contribution >= 0.6 is 0 Å². The molecule has 0 bridgehead atoms. The molecule has 0 unspecified atom stereocenters. The van der Waals surface area contributed by atoms with Crippen LogP contribution in [0.3, 0.4) is 0 Å². The molecule has 33 heavy (non-hydrogen) atoms. The second-order valence-electron chi connectivity index (χ2n) is 8.46. The van der Waals surface area contributed by atoms with Gasteiger partial charge in [0.05, 0.1) is 17.4 Å². The summed E-state index contributed by atoms with van der Waals surface area (Å²) in [7, 11) is 0. The van der Waals surface area contributed by atoms with Crippen LogP contribution in [0.5, 0.6) is 0 Å². The molecule has 1 aliphatic rings. The zero-order valence-electron chi connectivity index (χ0n) is 18.9. The first-order chi connectivity index (χ1) is 15.8. The Morgan fingerprint density at radius 2 is 1.94 bits per heavy atom. The van der Waals surface area contributed by atoms with Gasteiger partial charge >= 0.3 is 5.69 Å². The Balaban J connectivity index is 1.34. The molecular formula is C24H28N6O3. The summed E-state index contributed by atoms with van der Waals surface area (Å²) in [5, 5.41) is 4.28. The molecule has 9 nitrogen and oxygen atoms in total. The van der Waals surface area contributed by atoms with Gasteiger partial charge in [0, 0.05) is 43.4 Å². The molecule has 1 aromatic carbocycles. The molecule has 0 spiro atoms. The molecule has 0 radical (unpaired) electrons. The summed E-state index contributed by atoms with van der Waals surface area (Å²) in [6.07, 6.45) is 2.96. The smallest absolute Gasteiger partial charge is 0.347 e. The average Bonchev–Trinajstić information content (AvgIpc) is 3.43. The summed E-state index contributed by atoms with van der Waals surface area (Å²) in [5.74, 6) is -0.0822. The molecule has 1 amide bonds. The molecule has 1 aliphatic heterocycles. The van der Waals surface area contributed by atoms with Gasteiger partial charge in [0.15, 0.2) is 5.78 Å². The van der Waals surface area contributed by atoms with Crippen molar-refractivity contribution in [1.29, 1.82) is 0 Å². The molecule has 1 saturated heterocycles. The lowest BCUT2D eigenvalue weighted by Crippen LogP contribution is -2.31. The molecule has 172 valence electrons. The Hall–Kier alpha value is -3.75. The van der Waals surface area contributed by atoms with E-state index in [1.807, 2.05) is 43.3 Å². The van der Waals surface area contributed by atoms with Gasteiger partial charge in [-0.3, -0.25) is 14.2 Å². The summed E-state index contributed by atoms with van der Waals surface area (Å²) in [4.78, 5) is 43.5. The Kier molecular flexibility index (Phi) is 6.39. The standard InChI is InChI=1S/C24H28N6O3/c1-16-13-17(2)29(24(33)27-16)11-6-9-21(31)28-12-10-18(15-28)22(32)20-14-26-30(23(20)25)19-7-4-3-5-8-19/h3-5,7-8,13-14,18H,6,9-12,15,25H2,1-2H3/t18-/m1/s1. The van der Waals surface area contributed by atoms with E-state index in [2.05, 4.69) is 10.1 Å². The molecule has 0 aliphatic carbocycles. The fourth-order valence-corrected chi connectivity index (χ4v) is 4.34. The molecule has 4 rings (SSSR count). The lowest BCUT2D eigenvalue weighted by Gasteiger charge is -2.17. The van der Waals surface area contributed by atoms with Crippen LogP contribution in [0.15, 0.2) is 47.4 Å². The van der Waals surface area contributed by atoms with Gasteiger partial charge in [0.1, 0.15) is 5.82 Å².